The topological polar surface area (TPSA) is 56.3 Å². The molecule has 18 heavy (non-hydrogen) atoms. The molecule has 1 aromatic heterocycles. The SMILES string of the molecule is O=C(O)C1CCN(Cc2c[nH]c3ccccc23)C1. The fourth-order valence-electron chi connectivity index (χ4n) is 2.68. The van der Waals surface area contributed by atoms with E-state index in [4.69, 9.17) is 5.11 Å². The Kier molecular flexibility index (Phi) is 2.80. The Hall–Kier alpha value is -1.81. The van der Waals surface area contributed by atoms with Crippen LogP contribution in [-0.2, 0) is 11.3 Å². The van der Waals surface area contributed by atoms with E-state index < -0.39 is 5.97 Å². The predicted molar refractivity (Wildman–Crippen MR) is 69.3 cm³/mol. The Bertz CT molecular complexity index is 576. The summed E-state index contributed by atoms with van der Waals surface area (Å²) in [7, 11) is 0. The maximum absolute atomic E-state index is 10.9. The predicted octanol–water partition coefficient (Wildman–Crippen LogP) is 2.07. The summed E-state index contributed by atoms with van der Waals surface area (Å²) >= 11 is 0. The summed E-state index contributed by atoms with van der Waals surface area (Å²) in [6.45, 7) is 2.36. The molecule has 1 atom stereocenters. The van der Waals surface area contributed by atoms with Crippen LogP contribution in [0.2, 0.25) is 0 Å². The van der Waals surface area contributed by atoms with E-state index in [9.17, 15) is 4.79 Å². The minimum Gasteiger partial charge on any atom is -0.481 e. The number of likely N-dealkylation sites (tertiary alicyclic amines) is 1. The van der Waals surface area contributed by atoms with Crippen LogP contribution in [0.15, 0.2) is 30.5 Å². The maximum atomic E-state index is 10.9. The third-order valence-electron chi connectivity index (χ3n) is 3.69. The van der Waals surface area contributed by atoms with Crippen molar-refractivity contribution in [1.82, 2.24) is 9.88 Å². The number of hydrogen-bond donors (Lipinski definition) is 2. The van der Waals surface area contributed by atoms with E-state index in [2.05, 4.69) is 22.0 Å². The lowest BCUT2D eigenvalue weighted by Crippen LogP contribution is -2.22. The van der Waals surface area contributed by atoms with Crippen LogP contribution in [-0.4, -0.2) is 34.0 Å². The average Bonchev–Trinajstić information content (AvgIpc) is 2.98. The fraction of sp³-hybridized carbons (Fsp3) is 0.357. The van der Waals surface area contributed by atoms with Crippen molar-refractivity contribution in [3.8, 4) is 0 Å². The van der Waals surface area contributed by atoms with E-state index in [1.54, 1.807) is 0 Å². The van der Waals surface area contributed by atoms with Gasteiger partial charge in [-0.1, -0.05) is 18.2 Å². The molecule has 2 heterocycles. The zero-order valence-electron chi connectivity index (χ0n) is 10.1. The van der Waals surface area contributed by atoms with E-state index in [0.29, 0.717) is 6.54 Å². The van der Waals surface area contributed by atoms with Gasteiger partial charge in [0, 0.05) is 30.2 Å². The zero-order chi connectivity index (χ0) is 12.5. The molecular formula is C14H16N2O2. The molecule has 0 bridgehead atoms. The summed E-state index contributed by atoms with van der Waals surface area (Å²) in [6, 6.07) is 8.21. The van der Waals surface area contributed by atoms with Crippen LogP contribution in [0.4, 0.5) is 0 Å². The minimum atomic E-state index is -0.670. The molecule has 94 valence electrons. The van der Waals surface area contributed by atoms with Gasteiger partial charge in [-0.2, -0.15) is 0 Å². The standard InChI is InChI=1S/C14H16N2O2/c17-14(18)10-5-6-16(8-10)9-11-7-15-13-4-2-1-3-12(11)13/h1-4,7,10,15H,5-6,8-9H2,(H,17,18). The molecule has 0 amide bonds. The van der Waals surface area contributed by atoms with E-state index in [-0.39, 0.29) is 5.92 Å². The van der Waals surface area contributed by atoms with Gasteiger partial charge in [0.05, 0.1) is 5.92 Å². The molecule has 2 aromatic rings. The lowest BCUT2D eigenvalue weighted by atomic mass is 10.1. The molecule has 1 fully saturated rings. The molecule has 1 saturated heterocycles. The van der Waals surface area contributed by atoms with Gasteiger partial charge in [0.15, 0.2) is 0 Å². The fourth-order valence-corrected chi connectivity index (χ4v) is 2.68. The number of aromatic nitrogens is 1. The lowest BCUT2D eigenvalue weighted by molar-refractivity contribution is -0.141. The van der Waals surface area contributed by atoms with Gasteiger partial charge < -0.3 is 10.1 Å². The highest BCUT2D eigenvalue weighted by molar-refractivity contribution is 5.83. The molecule has 0 spiro atoms. The summed E-state index contributed by atoms with van der Waals surface area (Å²) in [5.74, 6) is -0.869. The van der Waals surface area contributed by atoms with Gasteiger partial charge in [-0.15, -0.1) is 0 Å². The Morgan fingerprint density at radius 3 is 3.06 bits per heavy atom. The molecule has 4 nitrogen and oxygen atoms in total. The van der Waals surface area contributed by atoms with Crippen LogP contribution in [0, 0.1) is 5.92 Å². The van der Waals surface area contributed by atoms with Gasteiger partial charge in [0.1, 0.15) is 0 Å². The second-order valence-electron chi connectivity index (χ2n) is 4.92. The molecule has 2 N–H and O–H groups in total. The molecule has 1 aliphatic rings. The smallest absolute Gasteiger partial charge is 0.307 e. The Morgan fingerprint density at radius 1 is 1.44 bits per heavy atom. The van der Waals surface area contributed by atoms with Gasteiger partial charge in [-0.05, 0) is 24.6 Å². The molecular weight excluding hydrogens is 228 g/mol. The van der Waals surface area contributed by atoms with Gasteiger partial charge in [-0.25, -0.2) is 0 Å². The summed E-state index contributed by atoms with van der Waals surface area (Å²) in [5.41, 5.74) is 2.39. The number of carboxylic acids is 1. The second kappa shape index (κ2) is 4.46. The highest BCUT2D eigenvalue weighted by Gasteiger charge is 2.28. The monoisotopic (exact) mass is 244 g/mol. The Labute approximate surface area is 105 Å². The first-order valence-electron chi connectivity index (χ1n) is 6.24. The van der Waals surface area contributed by atoms with Crippen LogP contribution in [0.5, 0.6) is 0 Å². The number of aliphatic carboxylic acids is 1. The Balaban J connectivity index is 1.76. The number of H-pyrrole nitrogens is 1. The number of fused-ring (bicyclic) bond motifs is 1. The lowest BCUT2D eigenvalue weighted by Gasteiger charge is -2.14. The first-order chi connectivity index (χ1) is 8.74. The van der Waals surface area contributed by atoms with Gasteiger partial charge in [0.2, 0.25) is 0 Å². The first kappa shape index (κ1) is 11.3. The summed E-state index contributed by atoms with van der Waals surface area (Å²) in [4.78, 5) is 16.4. The quantitative estimate of drug-likeness (QED) is 0.869. The number of rotatable bonds is 3. The number of carbonyl (C=O) groups is 1. The number of nitrogens with zero attached hydrogens (tertiary/aromatic N) is 1. The molecule has 1 aromatic carbocycles. The summed E-state index contributed by atoms with van der Waals surface area (Å²) in [5, 5.41) is 10.2. The minimum absolute atomic E-state index is 0.199. The van der Waals surface area contributed by atoms with Gasteiger partial charge >= 0.3 is 5.97 Å². The van der Waals surface area contributed by atoms with Crippen molar-refractivity contribution in [2.75, 3.05) is 13.1 Å². The summed E-state index contributed by atoms with van der Waals surface area (Å²) in [6.07, 6.45) is 2.79. The largest absolute Gasteiger partial charge is 0.481 e. The number of aromatic amines is 1. The van der Waals surface area contributed by atoms with Crippen LogP contribution in [0.1, 0.15) is 12.0 Å². The zero-order valence-corrected chi connectivity index (χ0v) is 10.1. The normalized spacial score (nSPS) is 20.6. The van der Waals surface area contributed by atoms with Gasteiger partial charge in [0.25, 0.3) is 0 Å². The highest BCUT2D eigenvalue weighted by Crippen LogP contribution is 2.23. The van der Waals surface area contributed by atoms with E-state index in [0.717, 1.165) is 25.0 Å². The van der Waals surface area contributed by atoms with E-state index >= 15 is 0 Å². The third kappa shape index (κ3) is 1.99. The first-order valence-corrected chi connectivity index (χ1v) is 6.24. The van der Waals surface area contributed by atoms with Crippen LogP contribution < -0.4 is 0 Å². The highest BCUT2D eigenvalue weighted by atomic mass is 16.4. The van der Waals surface area contributed by atoms with Crippen molar-refractivity contribution < 1.29 is 9.90 Å². The van der Waals surface area contributed by atoms with Crippen molar-refractivity contribution in [3.05, 3.63) is 36.0 Å². The average molecular weight is 244 g/mol. The van der Waals surface area contributed by atoms with Crippen LogP contribution in [0.3, 0.4) is 0 Å². The molecule has 0 radical (unpaired) electrons. The maximum Gasteiger partial charge on any atom is 0.307 e. The van der Waals surface area contributed by atoms with Crippen molar-refractivity contribution >= 4 is 16.9 Å². The molecule has 1 aliphatic heterocycles. The summed E-state index contributed by atoms with van der Waals surface area (Å²) < 4.78 is 0. The van der Waals surface area contributed by atoms with Crippen molar-refractivity contribution in [2.24, 2.45) is 5.92 Å². The third-order valence-corrected chi connectivity index (χ3v) is 3.69. The number of carboxylic acid groups (broad SMARTS) is 1. The van der Waals surface area contributed by atoms with E-state index in [1.165, 1.54) is 10.9 Å². The Morgan fingerprint density at radius 2 is 2.28 bits per heavy atom. The second-order valence-corrected chi connectivity index (χ2v) is 4.92. The number of benzene rings is 1. The molecule has 3 rings (SSSR count). The molecule has 4 heteroatoms. The van der Waals surface area contributed by atoms with Crippen LogP contribution in [0.25, 0.3) is 10.9 Å². The molecule has 0 aliphatic carbocycles. The molecule has 0 saturated carbocycles. The number of para-hydroxylation sites is 1. The van der Waals surface area contributed by atoms with E-state index in [1.807, 2.05) is 18.3 Å². The number of hydrogen-bond acceptors (Lipinski definition) is 2. The van der Waals surface area contributed by atoms with Crippen molar-refractivity contribution in [3.63, 3.8) is 0 Å². The van der Waals surface area contributed by atoms with Crippen molar-refractivity contribution in [2.45, 2.75) is 13.0 Å². The van der Waals surface area contributed by atoms with Gasteiger partial charge in [-0.3, -0.25) is 9.69 Å². The number of nitrogens with one attached hydrogen (secondary N) is 1. The molecule has 1 unspecified atom stereocenters. The van der Waals surface area contributed by atoms with Crippen molar-refractivity contribution in [1.29, 1.82) is 0 Å². The van der Waals surface area contributed by atoms with Crippen LogP contribution >= 0.6 is 0 Å².